The number of hydrogen-bond donors (Lipinski definition) is 2. The number of aromatic carboxylic acids is 1. The average molecular weight is 309 g/mol. The number of thiophene rings is 1. The minimum atomic E-state index is -4.07. The Hall–Kier alpha value is -2.44. The highest BCUT2D eigenvalue weighted by Gasteiger charge is 2.22. The van der Waals surface area contributed by atoms with Crippen molar-refractivity contribution in [3.05, 3.63) is 40.3 Å². The van der Waals surface area contributed by atoms with Gasteiger partial charge in [0.1, 0.15) is 15.8 Å². The normalized spacial score (nSPS) is 10.8. The molecular formula is C11H7N3O4S2. The van der Waals surface area contributed by atoms with E-state index >= 15 is 0 Å². The lowest BCUT2D eigenvalue weighted by molar-refractivity contribution is 0.0703. The summed E-state index contributed by atoms with van der Waals surface area (Å²) in [5, 5.41) is 19.2. The van der Waals surface area contributed by atoms with Crippen LogP contribution in [-0.4, -0.2) is 24.5 Å². The van der Waals surface area contributed by atoms with E-state index in [1.807, 2.05) is 0 Å². The van der Waals surface area contributed by atoms with Crippen molar-refractivity contribution in [3.63, 3.8) is 0 Å². The minimum Gasteiger partial charge on any atom is -0.477 e. The molecule has 0 radical (unpaired) electrons. The molecule has 2 N–H and O–H groups in total. The lowest BCUT2D eigenvalue weighted by atomic mass is 10.4. The van der Waals surface area contributed by atoms with Crippen molar-refractivity contribution in [2.24, 2.45) is 0 Å². The van der Waals surface area contributed by atoms with Crippen molar-refractivity contribution >= 4 is 33.0 Å². The summed E-state index contributed by atoms with van der Waals surface area (Å²) in [6.07, 6.45) is 1.30. The number of carbonyl (C=O) groups is 1. The fourth-order valence-corrected chi connectivity index (χ4v) is 3.38. The first-order valence-corrected chi connectivity index (χ1v) is 7.50. The van der Waals surface area contributed by atoms with Crippen molar-refractivity contribution in [3.8, 4) is 6.07 Å². The molecule has 0 spiro atoms. The number of anilines is 1. The maximum Gasteiger partial charge on any atom is 0.348 e. The van der Waals surface area contributed by atoms with Crippen molar-refractivity contribution in [1.82, 2.24) is 4.98 Å². The van der Waals surface area contributed by atoms with Crippen molar-refractivity contribution in [2.45, 2.75) is 4.90 Å². The van der Waals surface area contributed by atoms with Crippen LogP contribution in [0.3, 0.4) is 0 Å². The Bertz CT molecular complexity index is 805. The van der Waals surface area contributed by atoms with Crippen molar-refractivity contribution < 1.29 is 18.3 Å². The Morgan fingerprint density at radius 3 is 2.85 bits per heavy atom. The van der Waals surface area contributed by atoms with Crippen LogP contribution in [0.2, 0.25) is 0 Å². The molecule has 102 valence electrons. The first-order valence-electron chi connectivity index (χ1n) is 5.14. The van der Waals surface area contributed by atoms with E-state index in [4.69, 9.17) is 10.4 Å². The van der Waals surface area contributed by atoms with E-state index in [1.54, 1.807) is 6.07 Å². The number of carboxylic acids is 1. The summed E-state index contributed by atoms with van der Waals surface area (Å²) < 4.78 is 26.5. The molecule has 0 saturated heterocycles. The maximum atomic E-state index is 12.2. The molecule has 0 bridgehead atoms. The van der Waals surface area contributed by atoms with E-state index in [0.717, 1.165) is 11.3 Å². The summed E-state index contributed by atoms with van der Waals surface area (Å²) in [7, 11) is -4.07. The number of nitriles is 1. The van der Waals surface area contributed by atoms with Crippen molar-refractivity contribution in [2.75, 3.05) is 4.72 Å². The van der Waals surface area contributed by atoms with E-state index in [0.29, 0.717) is 0 Å². The molecule has 2 aromatic heterocycles. The van der Waals surface area contributed by atoms with E-state index in [2.05, 4.69) is 9.71 Å². The quantitative estimate of drug-likeness (QED) is 0.883. The van der Waals surface area contributed by atoms with Gasteiger partial charge in [0.15, 0.2) is 5.69 Å². The minimum absolute atomic E-state index is 0.0461. The van der Waals surface area contributed by atoms with Gasteiger partial charge in [0.25, 0.3) is 10.0 Å². The van der Waals surface area contributed by atoms with Crippen LogP contribution >= 0.6 is 11.3 Å². The van der Waals surface area contributed by atoms with Crippen LogP contribution in [-0.2, 0) is 10.0 Å². The van der Waals surface area contributed by atoms with Crippen LogP contribution in [0, 0.1) is 11.3 Å². The number of pyridine rings is 1. The average Bonchev–Trinajstić information content (AvgIpc) is 2.86. The monoisotopic (exact) mass is 309 g/mol. The SMILES string of the molecule is N#Cc1ncccc1S(=O)(=O)Nc1ccsc1C(=O)O. The molecule has 0 unspecified atom stereocenters. The second kappa shape index (κ2) is 5.28. The molecule has 0 aliphatic carbocycles. The van der Waals surface area contributed by atoms with Gasteiger partial charge in [-0.3, -0.25) is 4.72 Å². The first-order chi connectivity index (χ1) is 9.45. The second-order valence-corrected chi connectivity index (χ2v) is 6.10. The first kappa shape index (κ1) is 14.0. The Balaban J connectivity index is 2.45. The fraction of sp³-hybridized carbons (Fsp3) is 0. The van der Waals surface area contributed by atoms with Gasteiger partial charge in [0, 0.05) is 6.20 Å². The molecule has 0 aliphatic rings. The summed E-state index contributed by atoms with van der Waals surface area (Å²) in [6, 6.07) is 5.62. The highest BCUT2D eigenvalue weighted by atomic mass is 32.2. The van der Waals surface area contributed by atoms with Crippen LogP contribution < -0.4 is 4.72 Å². The predicted octanol–water partition coefficient (Wildman–Crippen LogP) is 1.51. The third kappa shape index (κ3) is 2.61. The summed E-state index contributed by atoms with van der Waals surface area (Å²) in [6.45, 7) is 0. The van der Waals surface area contributed by atoms with Crippen LogP contribution in [0.5, 0.6) is 0 Å². The largest absolute Gasteiger partial charge is 0.477 e. The molecule has 2 aromatic rings. The molecule has 0 atom stereocenters. The Morgan fingerprint density at radius 2 is 2.20 bits per heavy atom. The van der Waals surface area contributed by atoms with Crippen LogP contribution in [0.25, 0.3) is 0 Å². The molecule has 20 heavy (non-hydrogen) atoms. The molecular weight excluding hydrogens is 302 g/mol. The molecule has 2 heterocycles. The number of hydrogen-bond acceptors (Lipinski definition) is 6. The zero-order valence-corrected chi connectivity index (χ0v) is 11.4. The van der Waals surface area contributed by atoms with E-state index in [-0.39, 0.29) is 21.2 Å². The number of nitrogens with zero attached hydrogens (tertiary/aromatic N) is 2. The predicted molar refractivity (Wildman–Crippen MR) is 71.0 cm³/mol. The molecule has 9 heteroatoms. The summed E-state index contributed by atoms with van der Waals surface area (Å²) in [5.41, 5.74) is -0.303. The molecule has 2 rings (SSSR count). The molecule has 7 nitrogen and oxygen atoms in total. The smallest absolute Gasteiger partial charge is 0.348 e. The van der Waals surface area contributed by atoms with Gasteiger partial charge in [-0.25, -0.2) is 18.2 Å². The Kier molecular flexibility index (Phi) is 3.69. The van der Waals surface area contributed by atoms with E-state index < -0.39 is 16.0 Å². The summed E-state index contributed by atoms with van der Waals surface area (Å²) in [4.78, 5) is 14.2. The van der Waals surface area contributed by atoms with Gasteiger partial charge < -0.3 is 5.11 Å². The van der Waals surface area contributed by atoms with Crippen LogP contribution in [0.4, 0.5) is 5.69 Å². The molecule has 0 saturated carbocycles. The number of rotatable bonds is 4. The van der Waals surface area contributed by atoms with Gasteiger partial charge in [-0.05, 0) is 23.6 Å². The van der Waals surface area contributed by atoms with Crippen LogP contribution in [0.15, 0.2) is 34.7 Å². The van der Waals surface area contributed by atoms with Crippen LogP contribution in [0.1, 0.15) is 15.4 Å². The Morgan fingerprint density at radius 1 is 1.45 bits per heavy atom. The lowest BCUT2D eigenvalue weighted by Crippen LogP contribution is -2.16. The maximum absolute atomic E-state index is 12.2. The number of aromatic nitrogens is 1. The number of sulfonamides is 1. The molecule has 0 fully saturated rings. The highest BCUT2D eigenvalue weighted by Crippen LogP contribution is 2.25. The highest BCUT2D eigenvalue weighted by molar-refractivity contribution is 7.92. The third-order valence-corrected chi connectivity index (χ3v) is 4.57. The van der Waals surface area contributed by atoms with Gasteiger partial charge in [-0.1, -0.05) is 0 Å². The van der Waals surface area contributed by atoms with Gasteiger partial charge in [-0.2, -0.15) is 5.26 Å². The second-order valence-electron chi connectivity index (χ2n) is 3.54. The van der Waals surface area contributed by atoms with E-state index in [1.165, 1.54) is 29.8 Å². The third-order valence-electron chi connectivity index (χ3n) is 2.27. The standard InChI is InChI=1S/C11H7N3O4S2/c12-6-8-9(2-1-4-13-8)20(17,18)14-7-3-5-19-10(7)11(15)16/h1-5,14H,(H,15,16). The summed E-state index contributed by atoms with van der Waals surface area (Å²) >= 11 is 0.896. The molecule has 0 aliphatic heterocycles. The van der Waals surface area contributed by atoms with Crippen molar-refractivity contribution in [1.29, 1.82) is 5.26 Å². The topological polar surface area (TPSA) is 120 Å². The fourth-order valence-electron chi connectivity index (χ4n) is 1.45. The number of nitrogens with one attached hydrogen (secondary N) is 1. The molecule has 0 amide bonds. The van der Waals surface area contributed by atoms with Gasteiger partial charge >= 0.3 is 5.97 Å². The lowest BCUT2D eigenvalue weighted by Gasteiger charge is -2.08. The zero-order chi connectivity index (χ0) is 14.8. The molecule has 0 aromatic carbocycles. The van der Waals surface area contributed by atoms with Gasteiger partial charge in [0.2, 0.25) is 0 Å². The Labute approximate surface area is 118 Å². The van der Waals surface area contributed by atoms with E-state index in [9.17, 15) is 13.2 Å². The summed E-state index contributed by atoms with van der Waals surface area (Å²) in [5.74, 6) is -1.23. The van der Waals surface area contributed by atoms with Gasteiger partial charge in [0.05, 0.1) is 5.69 Å². The zero-order valence-electron chi connectivity index (χ0n) is 9.77. The van der Waals surface area contributed by atoms with Gasteiger partial charge in [-0.15, -0.1) is 11.3 Å². The number of carboxylic acid groups (broad SMARTS) is 1.